The number of hydrogen-bond donors (Lipinski definition) is 2. The van der Waals surface area contributed by atoms with Crippen molar-refractivity contribution in [2.24, 2.45) is 0 Å². The van der Waals surface area contributed by atoms with Crippen molar-refractivity contribution in [1.29, 1.82) is 0 Å². The van der Waals surface area contributed by atoms with E-state index in [-0.39, 0.29) is 11.3 Å². The molecule has 0 saturated carbocycles. The third-order valence-corrected chi connectivity index (χ3v) is 3.66. The highest BCUT2D eigenvalue weighted by molar-refractivity contribution is 6.06. The average Bonchev–Trinajstić information content (AvgIpc) is 2.46. The number of amides is 1. The molecule has 1 aliphatic carbocycles. The fourth-order valence-electron chi connectivity index (χ4n) is 2.53. The van der Waals surface area contributed by atoms with E-state index in [2.05, 4.69) is 15.3 Å². The molecule has 0 spiro atoms. The molecule has 2 aromatic rings. The molecule has 0 unspecified atom stereocenters. The second kappa shape index (κ2) is 5.55. The minimum absolute atomic E-state index is 0.0415. The van der Waals surface area contributed by atoms with Crippen LogP contribution in [-0.2, 0) is 6.42 Å². The summed E-state index contributed by atoms with van der Waals surface area (Å²) in [5.74, 6) is -0.241. The number of aromatic amines is 1. The van der Waals surface area contributed by atoms with Gasteiger partial charge in [0.2, 0.25) is 0 Å². The first-order valence-electron chi connectivity index (χ1n) is 7.08. The molecule has 0 saturated heterocycles. The second-order valence-corrected chi connectivity index (χ2v) is 5.35. The zero-order chi connectivity index (χ0) is 15.7. The molecule has 2 heterocycles. The van der Waals surface area contributed by atoms with Crippen molar-refractivity contribution < 1.29 is 9.59 Å². The van der Waals surface area contributed by atoms with Crippen molar-refractivity contribution in [3.05, 3.63) is 57.1 Å². The topological polar surface area (TPSA) is 91.9 Å². The minimum atomic E-state index is -0.569. The van der Waals surface area contributed by atoms with Crippen LogP contribution in [0.15, 0.2) is 29.2 Å². The monoisotopic (exact) mass is 297 g/mol. The van der Waals surface area contributed by atoms with Crippen LogP contribution in [0.25, 0.3) is 0 Å². The largest absolute Gasteiger partial charge is 0.325 e. The van der Waals surface area contributed by atoms with Crippen molar-refractivity contribution in [2.75, 3.05) is 5.32 Å². The summed E-state index contributed by atoms with van der Waals surface area (Å²) in [6.07, 6.45) is 3.39. The Kier molecular flexibility index (Phi) is 3.58. The summed E-state index contributed by atoms with van der Waals surface area (Å²) in [6, 6.07) is 4.90. The third-order valence-electron chi connectivity index (χ3n) is 3.66. The average molecular weight is 297 g/mol. The standard InChI is InChI=1S/C16H15N3O3/c1-9-5-6-17-14(7-9)19-16(22)11-8-10-12(18-15(11)21)3-2-4-13(10)20/h5-8H,2-4H2,1H3,(H,18,21)(H,17,19,22). The number of carbonyl (C=O) groups excluding carboxylic acids is 2. The summed E-state index contributed by atoms with van der Waals surface area (Å²) in [5, 5.41) is 2.58. The van der Waals surface area contributed by atoms with E-state index < -0.39 is 11.5 Å². The van der Waals surface area contributed by atoms with Crippen molar-refractivity contribution in [2.45, 2.75) is 26.2 Å². The van der Waals surface area contributed by atoms with Gasteiger partial charge in [-0.15, -0.1) is 0 Å². The molecule has 0 radical (unpaired) electrons. The highest BCUT2D eigenvalue weighted by atomic mass is 16.2. The summed E-state index contributed by atoms with van der Waals surface area (Å²) in [6.45, 7) is 1.88. The lowest BCUT2D eigenvalue weighted by atomic mass is 9.93. The lowest BCUT2D eigenvalue weighted by Crippen LogP contribution is -2.27. The van der Waals surface area contributed by atoms with E-state index in [1.807, 2.05) is 6.92 Å². The van der Waals surface area contributed by atoms with Crippen molar-refractivity contribution >= 4 is 17.5 Å². The molecular weight excluding hydrogens is 282 g/mol. The van der Waals surface area contributed by atoms with E-state index in [4.69, 9.17) is 0 Å². The first-order chi connectivity index (χ1) is 10.5. The Bertz CT molecular complexity index is 824. The molecule has 0 fully saturated rings. The number of carbonyl (C=O) groups is 2. The molecule has 2 aromatic heterocycles. The summed E-state index contributed by atoms with van der Waals surface area (Å²) >= 11 is 0. The van der Waals surface area contributed by atoms with Crippen LogP contribution in [0.4, 0.5) is 5.82 Å². The predicted octanol–water partition coefficient (Wildman–Crippen LogP) is 1.85. The van der Waals surface area contributed by atoms with E-state index in [9.17, 15) is 14.4 Å². The number of nitrogens with one attached hydrogen (secondary N) is 2. The van der Waals surface area contributed by atoms with Gasteiger partial charge in [0.1, 0.15) is 11.4 Å². The van der Waals surface area contributed by atoms with E-state index in [1.165, 1.54) is 6.07 Å². The summed E-state index contributed by atoms with van der Waals surface area (Å²) in [7, 11) is 0. The Hall–Kier alpha value is -2.76. The highest BCUT2D eigenvalue weighted by Gasteiger charge is 2.22. The number of Topliss-reactive ketones (excluding diaryl/α,β-unsaturated/α-hetero) is 1. The normalized spacial score (nSPS) is 13.6. The van der Waals surface area contributed by atoms with Gasteiger partial charge in [0.15, 0.2) is 5.78 Å². The summed E-state index contributed by atoms with van der Waals surface area (Å²) in [5.41, 5.74) is 1.44. The molecular formula is C16H15N3O3. The smallest absolute Gasteiger partial charge is 0.262 e. The number of H-pyrrole nitrogens is 1. The van der Waals surface area contributed by atoms with Gasteiger partial charge in [-0.2, -0.15) is 0 Å². The predicted molar refractivity (Wildman–Crippen MR) is 81.3 cm³/mol. The van der Waals surface area contributed by atoms with Gasteiger partial charge < -0.3 is 10.3 Å². The number of fused-ring (bicyclic) bond motifs is 1. The van der Waals surface area contributed by atoms with Gasteiger partial charge in [-0.25, -0.2) is 4.98 Å². The number of hydrogen-bond acceptors (Lipinski definition) is 4. The van der Waals surface area contributed by atoms with Crippen LogP contribution in [-0.4, -0.2) is 21.7 Å². The zero-order valence-electron chi connectivity index (χ0n) is 12.1. The van der Waals surface area contributed by atoms with Crippen LogP contribution in [0, 0.1) is 6.92 Å². The number of anilines is 1. The van der Waals surface area contributed by atoms with E-state index in [0.717, 1.165) is 12.0 Å². The lowest BCUT2D eigenvalue weighted by molar-refractivity contribution is 0.0971. The van der Waals surface area contributed by atoms with Crippen LogP contribution < -0.4 is 10.9 Å². The molecule has 112 valence electrons. The SMILES string of the molecule is Cc1ccnc(NC(=O)c2cc3c([nH]c2=O)CCCC3=O)c1. The van der Waals surface area contributed by atoms with Gasteiger partial charge in [0.25, 0.3) is 11.5 Å². The number of aromatic nitrogens is 2. The molecule has 6 heteroatoms. The Balaban J connectivity index is 1.94. The second-order valence-electron chi connectivity index (χ2n) is 5.35. The maximum atomic E-state index is 12.3. The first-order valence-corrected chi connectivity index (χ1v) is 7.08. The Morgan fingerprint density at radius 1 is 1.27 bits per heavy atom. The van der Waals surface area contributed by atoms with Crippen LogP contribution in [0.3, 0.4) is 0 Å². The number of pyridine rings is 2. The maximum absolute atomic E-state index is 12.3. The molecule has 0 aliphatic heterocycles. The van der Waals surface area contributed by atoms with Gasteiger partial charge in [-0.1, -0.05) is 0 Å². The Morgan fingerprint density at radius 2 is 2.09 bits per heavy atom. The van der Waals surface area contributed by atoms with Gasteiger partial charge in [0, 0.05) is 23.9 Å². The number of ketones is 1. The molecule has 1 aliphatic rings. The Morgan fingerprint density at radius 3 is 2.86 bits per heavy atom. The van der Waals surface area contributed by atoms with E-state index in [0.29, 0.717) is 29.9 Å². The van der Waals surface area contributed by atoms with Gasteiger partial charge >= 0.3 is 0 Å². The first kappa shape index (κ1) is 14.2. The van der Waals surface area contributed by atoms with Crippen molar-refractivity contribution in [3.8, 4) is 0 Å². The summed E-state index contributed by atoms with van der Waals surface area (Å²) < 4.78 is 0. The number of nitrogens with zero attached hydrogens (tertiary/aromatic N) is 1. The fourth-order valence-corrected chi connectivity index (χ4v) is 2.53. The van der Waals surface area contributed by atoms with E-state index >= 15 is 0 Å². The number of rotatable bonds is 2. The molecule has 6 nitrogen and oxygen atoms in total. The van der Waals surface area contributed by atoms with Crippen molar-refractivity contribution in [3.63, 3.8) is 0 Å². The van der Waals surface area contributed by atoms with Gasteiger partial charge in [-0.3, -0.25) is 14.4 Å². The highest BCUT2D eigenvalue weighted by Crippen LogP contribution is 2.19. The molecule has 1 amide bonds. The Labute approximate surface area is 126 Å². The molecule has 2 N–H and O–H groups in total. The minimum Gasteiger partial charge on any atom is -0.325 e. The van der Waals surface area contributed by atoms with Crippen LogP contribution in [0.1, 0.15) is 44.8 Å². The molecule has 3 rings (SSSR count). The molecule has 0 atom stereocenters. The molecule has 0 aromatic carbocycles. The van der Waals surface area contributed by atoms with Gasteiger partial charge in [-0.05, 0) is 43.5 Å². The molecule has 0 bridgehead atoms. The lowest BCUT2D eigenvalue weighted by Gasteiger charge is -2.15. The summed E-state index contributed by atoms with van der Waals surface area (Å²) in [4.78, 5) is 42.9. The van der Waals surface area contributed by atoms with Crippen LogP contribution in [0.2, 0.25) is 0 Å². The third kappa shape index (κ3) is 2.67. The van der Waals surface area contributed by atoms with Crippen molar-refractivity contribution in [1.82, 2.24) is 9.97 Å². The van der Waals surface area contributed by atoms with Gasteiger partial charge in [0.05, 0.1) is 0 Å². The van der Waals surface area contributed by atoms with E-state index in [1.54, 1.807) is 18.3 Å². The fraction of sp³-hybridized carbons (Fsp3) is 0.250. The zero-order valence-corrected chi connectivity index (χ0v) is 12.1. The maximum Gasteiger partial charge on any atom is 0.262 e. The molecule has 22 heavy (non-hydrogen) atoms. The number of aryl methyl sites for hydroxylation is 2. The van der Waals surface area contributed by atoms with Crippen LogP contribution >= 0.6 is 0 Å². The van der Waals surface area contributed by atoms with Crippen LogP contribution in [0.5, 0.6) is 0 Å². The quantitative estimate of drug-likeness (QED) is 0.884.